The number of benzene rings is 2. The van der Waals surface area contributed by atoms with Gasteiger partial charge in [-0.1, -0.05) is 0 Å². The highest BCUT2D eigenvalue weighted by atomic mass is 14.8. The molecule has 4 aromatic rings. The highest BCUT2D eigenvalue weighted by molar-refractivity contribution is 6.17. The van der Waals surface area contributed by atoms with E-state index < -0.39 is 0 Å². The maximum Gasteiger partial charge on any atom is 0.0725 e. The number of nitrogen functional groups attached to an aromatic ring is 2. The van der Waals surface area contributed by atoms with Crippen molar-refractivity contribution in [1.29, 1.82) is 0 Å². The van der Waals surface area contributed by atoms with E-state index in [0.717, 1.165) is 44.2 Å². The standard InChI is InChI=1S/C14H12N4/c15-7-1-3-9-11(5-7)17-14-10-4-2-8(16)6-12(10)18-13(9)14/h1-6,17-18H,15-16H2. The maximum absolute atomic E-state index is 5.80. The van der Waals surface area contributed by atoms with Gasteiger partial charge in [0.2, 0.25) is 0 Å². The van der Waals surface area contributed by atoms with Gasteiger partial charge in [0.05, 0.1) is 22.1 Å². The lowest BCUT2D eigenvalue weighted by molar-refractivity contribution is 1.57. The summed E-state index contributed by atoms with van der Waals surface area (Å²) in [5.41, 5.74) is 17.4. The van der Waals surface area contributed by atoms with Crippen LogP contribution < -0.4 is 11.5 Å². The van der Waals surface area contributed by atoms with Gasteiger partial charge in [-0.15, -0.1) is 0 Å². The van der Waals surface area contributed by atoms with Crippen LogP contribution in [-0.4, -0.2) is 9.97 Å². The summed E-state index contributed by atoms with van der Waals surface area (Å²) in [7, 11) is 0. The monoisotopic (exact) mass is 236 g/mol. The smallest absolute Gasteiger partial charge is 0.0725 e. The summed E-state index contributed by atoms with van der Waals surface area (Å²) in [5.74, 6) is 0. The van der Waals surface area contributed by atoms with Crippen LogP contribution in [-0.2, 0) is 0 Å². The fourth-order valence-electron chi connectivity index (χ4n) is 2.56. The van der Waals surface area contributed by atoms with Crippen LogP contribution in [0.4, 0.5) is 11.4 Å². The Morgan fingerprint density at radius 2 is 1.11 bits per heavy atom. The Morgan fingerprint density at radius 3 is 1.56 bits per heavy atom. The van der Waals surface area contributed by atoms with Crippen LogP contribution in [0.1, 0.15) is 0 Å². The molecule has 0 atom stereocenters. The molecule has 18 heavy (non-hydrogen) atoms. The highest BCUT2D eigenvalue weighted by Gasteiger charge is 2.10. The van der Waals surface area contributed by atoms with E-state index in [1.165, 1.54) is 0 Å². The van der Waals surface area contributed by atoms with Gasteiger partial charge in [0.15, 0.2) is 0 Å². The van der Waals surface area contributed by atoms with E-state index in [9.17, 15) is 0 Å². The van der Waals surface area contributed by atoms with E-state index in [1.807, 2.05) is 36.4 Å². The van der Waals surface area contributed by atoms with E-state index in [2.05, 4.69) is 9.97 Å². The van der Waals surface area contributed by atoms with Crippen molar-refractivity contribution < 1.29 is 0 Å². The van der Waals surface area contributed by atoms with E-state index in [-0.39, 0.29) is 0 Å². The van der Waals surface area contributed by atoms with Gasteiger partial charge >= 0.3 is 0 Å². The van der Waals surface area contributed by atoms with Gasteiger partial charge in [-0.05, 0) is 36.4 Å². The summed E-state index contributed by atoms with van der Waals surface area (Å²) in [4.78, 5) is 6.82. The average molecular weight is 236 g/mol. The molecule has 0 fully saturated rings. The van der Waals surface area contributed by atoms with Gasteiger partial charge in [-0.3, -0.25) is 0 Å². The first-order chi connectivity index (χ1) is 8.72. The third-order valence-corrected chi connectivity index (χ3v) is 3.40. The van der Waals surface area contributed by atoms with Crippen LogP contribution in [0.25, 0.3) is 32.8 Å². The van der Waals surface area contributed by atoms with Crippen LogP contribution in [0.2, 0.25) is 0 Å². The van der Waals surface area contributed by atoms with Crippen molar-refractivity contribution in [2.24, 2.45) is 0 Å². The molecule has 2 aromatic carbocycles. The molecule has 0 aliphatic carbocycles. The lowest BCUT2D eigenvalue weighted by Gasteiger charge is -1.95. The van der Waals surface area contributed by atoms with Crippen molar-refractivity contribution in [3.05, 3.63) is 36.4 Å². The third kappa shape index (κ3) is 1.09. The van der Waals surface area contributed by atoms with Gasteiger partial charge in [0.25, 0.3) is 0 Å². The van der Waals surface area contributed by atoms with Crippen molar-refractivity contribution in [2.75, 3.05) is 11.5 Å². The Balaban J connectivity index is 2.23. The molecule has 0 saturated heterocycles. The zero-order chi connectivity index (χ0) is 12.3. The molecule has 0 spiro atoms. The number of anilines is 2. The summed E-state index contributed by atoms with van der Waals surface area (Å²) < 4.78 is 0. The molecule has 2 aromatic heterocycles. The first-order valence-electron chi connectivity index (χ1n) is 5.80. The second-order valence-electron chi connectivity index (χ2n) is 4.61. The molecule has 0 radical (unpaired) electrons. The minimum absolute atomic E-state index is 0.764. The minimum atomic E-state index is 0.764. The van der Waals surface area contributed by atoms with Crippen LogP contribution in [0.3, 0.4) is 0 Å². The molecule has 0 aliphatic rings. The predicted octanol–water partition coefficient (Wildman–Crippen LogP) is 2.97. The zero-order valence-corrected chi connectivity index (χ0v) is 9.62. The third-order valence-electron chi connectivity index (χ3n) is 3.40. The molecule has 2 heterocycles. The van der Waals surface area contributed by atoms with Crippen molar-refractivity contribution in [3.8, 4) is 0 Å². The number of nitrogens with one attached hydrogen (secondary N) is 2. The number of nitrogens with two attached hydrogens (primary N) is 2. The van der Waals surface area contributed by atoms with Crippen LogP contribution in [0.15, 0.2) is 36.4 Å². The molecule has 0 bridgehead atoms. The fraction of sp³-hybridized carbons (Fsp3) is 0. The van der Waals surface area contributed by atoms with Crippen LogP contribution in [0.5, 0.6) is 0 Å². The Bertz CT molecular complexity index is 822. The van der Waals surface area contributed by atoms with E-state index in [4.69, 9.17) is 11.5 Å². The lowest BCUT2D eigenvalue weighted by atomic mass is 10.2. The molecular weight excluding hydrogens is 224 g/mol. The molecule has 0 aliphatic heterocycles. The normalized spacial score (nSPS) is 11.8. The summed E-state index contributed by atoms with van der Waals surface area (Å²) in [6, 6.07) is 11.8. The average Bonchev–Trinajstić information content (AvgIpc) is 2.83. The highest BCUT2D eigenvalue weighted by Crippen LogP contribution is 2.32. The summed E-state index contributed by atoms with van der Waals surface area (Å²) in [6.45, 7) is 0. The number of H-pyrrole nitrogens is 2. The van der Waals surface area contributed by atoms with Gasteiger partial charge in [0.1, 0.15) is 0 Å². The molecule has 4 heteroatoms. The second kappa shape index (κ2) is 2.98. The van der Waals surface area contributed by atoms with Gasteiger partial charge in [-0.25, -0.2) is 0 Å². The fourth-order valence-corrected chi connectivity index (χ4v) is 2.56. The minimum Gasteiger partial charge on any atom is -0.399 e. The molecular formula is C14H12N4. The molecule has 4 nitrogen and oxygen atoms in total. The molecule has 88 valence electrons. The number of fused-ring (bicyclic) bond motifs is 5. The number of hydrogen-bond donors (Lipinski definition) is 4. The second-order valence-corrected chi connectivity index (χ2v) is 4.61. The van der Waals surface area contributed by atoms with Crippen molar-refractivity contribution in [1.82, 2.24) is 9.97 Å². The van der Waals surface area contributed by atoms with Gasteiger partial charge in [-0.2, -0.15) is 0 Å². The number of rotatable bonds is 0. The Morgan fingerprint density at radius 1 is 0.667 bits per heavy atom. The van der Waals surface area contributed by atoms with Crippen LogP contribution in [0, 0.1) is 0 Å². The number of hydrogen-bond acceptors (Lipinski definition) is 2. The predicted molar refractivity (Wildman–Crippen MR) is 76.5 cm³/mol. The molecule has 0 unspecified atom stereocenters. The number of aromatic nitrogens is 2. The quantitative estimate of drug-likeness (QED) is 0.354. The van der Waals surface area contributed by atoms with Crippen molar-refractivity contribution in [2.45, 2.75) is 0 Å². The molecule has 0 saturated carbocycles. The summed E-state index contributed by atoms with van der Waals surface area (Å²) in [6.07, 6.45) is 0. The molecule has 6 N–H and O–H groups in total. The first-order valence-corrected chi connectivity index (χ1v) is 5.80. The SMILES string of the molecule is Nc1ccc2c(c1)[nH]c1c3ccc(N)cc3[nH]c21. The van der Waals surface area contributed by atoms with Gasteiger partial charge in [0, 0.05) is 22.1 Å². The summed E-state index contributed by atoms with van der Waals surface area (Å²) >= 11 is 0. The van der Waals surface area contributed by atoms with E-state index in [0.29, 0.717) is 0 Å². The Hall–Kier alpha value is -2.62. The largest absolute Gasteiger partial charge is 0.399 e. The van der Waals surface area contributed by atoms with Gasteiger partial charge < -0.3 is 21.4 Å². The number of aromatic amines is 2. The summed E-state index contributed by atoms with van der Waals surface area (Å²) in [5, 5.41) is 2.29. The topological polar surface area (TPSA) is 83.6 Å². The lowest BCUT2D eigenvalue weighted by Crippen LogP contribution is -1.83. The molecule has 0 amide bonds. The van der Waals surface area contributed by atoms with E-state index >= 15 is 0 Å². The Labute approximate surface area is 103 Å². The van der Waals surface area contributed by atoms with Crippen molar-refractivity contribution in [3.63, 3.8) is 0 Å². The maximum atomic E-state index is 5.80. The van der Waals surface area contributed by atoms with Crippen molar-refractivity contribution >= 4 is 44.2 Å². The van der Waals surface area contributed by atoms with Crippen LogP contribution >= 0.6 is 0 Å². The molecule has 4 rings (SSSR count). The van der Waals surface area contributed by atoms with E-state index in [1.54, 1.807) is 0 Å². The zero-order valence-electron chi connectivity index (χ0n) is 9.62. The first kappa shape index (κ1) is 9.41. The Kier molecular flexibility index (Phi) is 1.56.